The lowest BCUT2D eigenvalue weighted by Crippen LogP contribution is -2.72. The standard InChI is InChI=1S/C21H28NO2/c1-24-20-6-7-22(14-23,19-5-3-2-4-18(19)20)21-11-15-8-16(12-21)10-17(9-15)13-21/h2-5,14-17,20H,6-13H2,1H3/q+1. The number of benzene rings is 1. The van der Waals surface area contributed by atoms with Crippen LogP contribution in [0.15, 0.2) is 24.3 Å². The molecule has 0 N–H and O–H groups in total. The van der Waals surface area contributed by atoms with Gasteiger partial charge in [0.25, 0.3) is 0 Å². The first kappa shape index (κ1) is 15.1. The lowest BCUT2D eigenvalue weighted by Gasteiger charge is -2.62. The van der Waals surface area contributed by atoms with E-state index in [1.165, 1.54) is 56.2 Å². The highest BCUT2D eigenvalue weighted by atomic mass is 16.5. The quantitative estimate of drug-likeness (QED) is 0.614. The van der Waals surface area contributed by atoms with Gasteiger partial charge < -0.3 is 4.74 Å². The lowest BCUT2D eigenvalue weighted by molar-refractivity contribution is -0.138. The molecule has 0 radical (unpaired) electrons. The van der Waals surface area contributed by atoms with Gasteiger partial charge in [-0.1, -0.05) is 18.2 Å². The molecule has 1 heterocycles. The third-order valence-electron chi connectivity index (χ3n) is 7.77. The molecule has 1 amide bonds. The molecule has 3 heteroatoms. The van der Waals surface area contributed by atoms with E-state index in [1.54, 1.807) is 7.11 Å². The van der Waals surface area contributed by atoms with Gasteiger partial charge in [-0.2, -0.15) is 0 Å². The van der Waals surface area contributed by atoms with Crippen molar-refractivity contribution in [1.29, 1.82) is 0 Å². The molecule has 1 aliphatic heterocycles. The zero-order chi connectivity index (χ0) is 16.4. The molecule has 4 fully saturated rings. The van der Waals surface area contributed by atoms with Gasteiger partial charge in [0.05, 0.1) is 12.6 Å². The summed E-state index contributed by atoms with van der Waals surface area (Å²) in [5, 5.41) is 0. The molecule has 4 bridgehead atoms. The minimum absolute atomic E-state index is 0.140. The predicted octanol–water partition coefficient (Wildman–Crippen LogP) is 4.21. The van der Waals surface area contributed by atoms with E-state index in [2.05, 4.69) is 24.3 Å². The second-order valence-electron chi connectivity index (χ2n) is 8.91. The third-order valence-corrected chi connectivity index (χ3v) is 7.77. The number of rotatable bonds is 3. The minimum atomic E-state index is 0.140. The largest absolute Gasteiger partial charge is 0.376 e. The van der Waals surface area contributed by atoms with Gasteiger partial charge in [-0.25, -0.2) is 9.28 Å². The van der Waals surface area contributed by atoms with Gasteiger partial charge >= 0.3 is 6.41 Å². The van der Waals surface area contributed by atoms with Crippen molar-refractivity contribution in [3.63, 3.8) is 0 Å². The van der Waals surface area contributed by atoms with Crippen LogP contribution in [0, 0.1) is 17.8 Å². The molecule has 128 valence electrons. The van der Waals surface area contributed by atoms with Gasteiger partial charge in [-0.05, 0) is 37.0 Å². The molecule has 5 aliphatic rings. The fraction of sp³-hybridized carbons (Fsp3) is 0.667. The summed E-state index contributed by atoms with van der Waals surface area (Å²) in [6, 6.07) is 8.58. The summed E-state index contributed by atoms with van der Waals surface area (Å²) in [7, 11) is 1.80. The molecule has 0 aromatic heterocycles. The summed E-state index contributed by atoms with van der Waals surface area (Å²) < 4.78 is 6.32. The van der Waals surface area contributed by atoms with E-state index in [-0.39, 0.29) is 11.6 Å². The first-order chi connectivity index (χ1) is 11.7. The maximum absolute atomic E-state index is 12.7. The number of carbonyl (C=O) groups is 1. The van der Waals surface area contributed by atoms with Crippen molar-refractivity contribution in [2.24, 2.45) is 17.8 Å². The number of quaternary nitrogens is 1. The number of ether oxygens (including phenoxy) is 1. The molecule has 1 aromatic rings. The number of hydrogen-bond donors (Lipinski definition) is 0. The molecule has 4 saturated carbocycles. The van der Waals surface area contributed by atoms with Crippen molar-refractivity contribution in [3.8, 4) is 0 Å². The maximum Gasteiger partial charge on any atom is 0.307 e. The van der Waals surface area contributed by atoms with Crippen LogP contribution < -0.4 is 4.48 Å². The van der Waals surface area contributed by atoms with E-state index in [4.69, 9.17) is 4.74 Å². The molecule has 1 aromatic carbocycles. The van der Waals surface area contributed by atoms with Crippen LogP contribution in [0.5, 0.6) is 0 Å². The maximum atomic E-state index is 12.7. The van der Waals surface area contributed by atoms with Crippen molar-refractivity contribution < 1.29 is 9.53 Å². The van der Waals surface area contributed by atoms with Gasteiger partial charge in [-0.3, -0.25) is 0 Å². The monoisotopic (exact) mass is 326 g/mol. The molecule has 6 rings (SSSR count). The van der Waals surface area contributed by atoms with Gasteiger partial charge in [0, 0.05) is 44.4 Å². The van der Waals surface area contributed by atoms with Gasteiger partial charge in [0.1, 0.15) is 11.2 Å². The predicted molar refractivity (Wildman–Crippen MR) is 94.4 cm³/mol. The van der Waals surface area contributed by atoms with Crippen LogP contribution >= 0.6 is 0 Å². The van der Waals surface area contributed by atoms with Crippen LogP contribution in [-0.2, 0) is 9.53 Å². The third kappa shape index (κ3) is 1.83. The second-order valence-corrected chi connectivity index (χ2v) is 8.91. The van der Waals surface area contributed by atoms with E-state index in [0.29, 0.717) is 4.48 Å². The Morgan fingerprint density at radius 3 is 2.29 bits per heavy atom. The van der Waals surface area contributed by atoms with E-state index in [9.17, 15) is 4.79 Å². The Morgan fingerprint density at radius 2 is 1.71 bits per heavy atom. The van der Waals surface area contributed by atoms with Crippen molar-refractivity contribution >= 4 is 12.1 Å². The Hall–Kier alpha value is -1.19. The van der Waals surface area contributed by atoms with Crippen molar-refractivity contribution in [3.05, 3.63) is 29.8 Å². The summed E-state index contributed by atoms with van der Waals surface area (Å²) in [4.78, 5) is 12.7. The molecular weight excluding hydrogens is 298 g/mol. The van der Waals surface area contributed by atoms with Gasteiger partial charge in [0.2, 0.25) is 0 Å². The molecule has 24 heavy (non-hydrogen) atoms. The number of amides is 1. The molecule has 2 atom stereocenters. The van der Waals surface area contributed by atoms with Crippen LogP contribution in [0.3, 0.4) is 0 Å². The van der Waals surface area contributed by atoms with E-state index in [0.717, 1.165) is 30.7 Å². The molecule has 2 unspecified atom stereocenters. The van der Waals surface area contributed by atoms with Crippen LogP contribution in [0.25, 0.3) is 0 Å². The zero-order valence-corrected chi connectivity index (χ0v) is 14.6. The minimum Gasteiger partial charge on any atom is -0.376 e. The topological polar surface area (TPSA) is 26.3 Å². The Balaban J connectivity index is 1.67. The smallest absolute Gasteiger partial charge is 0.307 e. The first-order valence-corrected chi connectivity index (χ1v) is 9.66. The Kier molecular flexibility index (Phi) is 3.24. The number of fused-ring (bicyclic) bond motifs is 1. The highest BCUT2D eigenvalue weighted by molar-refractivity contribution is 5.75. The normalized spacial score (nSPS) is 45.9. The molecule has 0 spiro atoms. The van der Waals surface area contributed by atoms with Crippen molar-refractivity contribution in [1.82, 2.24) is 4.48 Å². The summed E-state index contributed by atoms with van der Waals surface area (Å²) in [6.07, 6.45) is 10.4. The number of nitrogens with zero attached hydrogens (tertiary/aromatic N) is 1. The summed E-state index contributed by atoms with van der Waals surface area (Å²) in [6.45, 7) is 0.908. The van der Waals surface area contributed by atoms with Gasteiger partial charge in [-0.15, -0.1) is 0 Å². The highest BCUT2D eigenvalue weighted by Gasteiger charge is 2.63. The first-order valence-electron chi connectivity index (χ1n) is 9.66. The molecule has 0 saturated heterocycles. The zero-order valence-electron chi connectivity index (χ0n) is 14.6. The average Bonchev–Trinajstić information content (AvgIpc) is 2.59. The summed E-state index contributed by atoms with van der Waals surface area (Å²) in [5.74, 6) is 2.58. The fourth-order valence-electron chi connectivity index (χ4n) is 7.23. The van der Waals surface area contributed by atoms with Crippen molar-refractivity contribution in [2.45, 2.75) is 56.6 Å². The van der Waals surface area contributed by atoms with Gasteiger partial charge in [0.15, 0.2) is 0 Å². The Morgan fingerprint density at radius 1 is 1.08 bits per heavy atom. The second kappa shape index (κ2) is 5.15. The lowest BCUT2D eigenvalue weighted by atomic mass is 9.51. The summed E-state index contributed by atoms with van der Waals surface area (Å²) in [5.41, 5.74) is 2.63. The van der Waals surface area contributed by atoms with Crippen molar-refractivity contribution in [2.75, 3.05) is 13.7 Å². The molecular formula is C21H28NO2+. The van der Waals surface area contributed by atoms with Crippen LogP contribution in [0.1, 0.15) is 56.6 Å². The van der Waals surface area contributed by atoms with Crippen LogP contribution in [0.4, 0.5) is 5.69 Å². The van der Waals surface area contributed by atoms with Crippen LogP contribution in [0.2, 0.25) is 0 Å². The average molecular weight is 326 g/mol. The molecule has 4 aliphatic carbocycles. The number of carbonyl (C=O) groups excluding carboxylic acids is 1. The number of para-hydroxylation sites is 1. The SMILES string of the molecule is COC1CC[N+](C=O)(C23CC4CC(CC(C4)C2)C3)c2ccccc21. The van der Waals surface area contributed by atoms with E-state index < -0.39 is 0 Å². The van der Waals surface area contributed by atoms with E-state index >= 15 is 0 Å². The molecule has 3 nitrogen and oxygen atoms in total. The van der Waals surface area contributed by atoms with E-state index in [1.807, 2.05) is 0 Å². The Labute approximate surface area is 144 Å². The van der Waals surface area contributed by atoms with Crippen LogP contribution in [-0.4, -0.2) is 25.6 Å². The highest BCUT2D eigenvalue weighted by Crippen LogP contribution is 2.61. The number of hydrogen-bond acceptors (Lipinski definition) is 2. The summed E-state index contributed by atoms with van der Waals surface area (Å²) >= 11 is 0. The number of methoxy groups -OCH3 is 1. The fourth-order valence-corrected chi connectivity index (χ4v) is 7.23. The Bertz CT molecular complexity index is 634.